The molecule has 0 spiro atoms. The number of fused-ring (bicyclic) bond motifs is 1. The molecule has 0 heteroatoms. The van der Waals surface area contributed by atoms with Crippen LogP contribution in [0, 0.1) is 0 Å². The Morgan fingerprint density at radius 1 is 0.588 bits per heavy atom. The first-order valence-electron chi connectivity index (χ1n) is 12.1. The molecule has 0 aliphatic heterocycles. The van der Waals surface area contributed by atoms with Crippen LogP contribution in [0.1, 0.15) is 23.6 Å². The Balaban J connectivity index is 1.62. The number of allylic oxidation sites excluding steroid dienone is 1. The molecule has 0 aromatic heterocycles. The fourth-order valence-electron chi connectivity index (χ4n) is 4.83. The third-order valence-corrected chi connectivity index (χ3v) is 6.46. The number of rotatable bonds is 7. The van der Waals surface area contributed by atoms with Crippen molar-refractivity contribution in [3.63, 3.8) is 0 Å². The molecule has 166 valence electrons. The van der Waals surface area contributed by atoms with Crippen LogP contribution < -0.4 is 0 Å². The van der Waals surface area contributed by atoms with Crippen molar-refractivity contribution in [2.24, 2.45) is 0 Å². The summed E-state index contributed by atoms with van der Waals surface area (Å²) in [6.07, 6.45) is 2.97. The topological polar surface area (TPSA) is 0 Å². The first-order valence-corrected chi connectivity index (χ1v) is 12.1. The third kappa shape index (κ3) is 4.87. The quantitative estimate of drug-likeness (QED) is 0.222. The van der Waals surface area contributed by atoms with E-state index in [1.807, 2.05) is 0 Å². The first-order chi connectivity index (χ1) is 16.7. The van der Waals surface area contributed by atoms with E-state index in [1.54, 1.807) is 0 Å². The van der Waals surface area contributed by atoms with Crippen molar-refractivity contribution in [2.75, 3.05) is 0 Å². The summed E-state index contributed by atoms with van der Waals surface area (Å²) in [5, 5.41) is 2.67. The van der Waals surface area contributed by atoms with E-state index < -0.39 is 0 Å². The highest BCUT2D eigenvalue weighted by Gasteiger charge is 2.12. The molecule has 34 heavy (non-hydrogen) atoms. The summed E-state index contributed by atoms with van der Waals surface area (Å²) in [4.78, 5) is 0. The lowest BCUT2D eigenvalue weighted by Gasteiger charge is -2.15. The molecular weight excluding hydrogens is 408 g/mol. The van der Waals surface area contributed by atoms with E-state index in [2.05, 4.69) is 129 Å². The molecule has 0 atom stereocenters. The zero-order valence-corrected chi connectivity index (χ0v) is 19.8. The average molecular weight is 439 g/mol. The Morgan fingerprint density at radius 3 is 2.00 bits per heavy atom. The second-order valence-electron chi connectivity index (χ2n) is 9.22. The smallest absolute Gasteiger partial charge is 0.00726 e. The van der Waals surface area contributed by atoms with Gasteiger partial charge in [-0.15, -0.1) is 0 Å². The second kappa shape index (κ2) is 9.93. The summed E-state index contributed by atoms with van der Waals surface area (Å²) in [5.41, 5.74) is 10.4. The number of hydrogen-bond acceptors (Lipinski definition) is 0. The van der Waals surface area contributed by atoms with Crippen molar-refractivity contribution in [1.29, 1.82) is 0 Å². The van der Waals surface area contributed by atoms with Gasteiger partial charge in [0.25, 0.3) is 0 Å². The largest absolute Gasteiger partial charge is 0.0998 e. The standard InChI is InChI=1S/C34H30/c1-25(2)22-27-17-19-28(20-18-27)32-23-30-14-9-15-33(29-12-7-4-8-13-29)34(30)31(24-32)21-16-26-10-5-3-6-11-26/h3-15,17-20,23-24H,1,16,21-22H2,2H3. The molecule has 5 aromatic rings. The summed E-state index contributed by atoms with van der Waals surface area (Å²) < 4.78 is 0. The van der Waals surface area contributed by atoms with Gasteiger partial charge in [0.1, 0.15) is 0 Å². The summed E-state index contributed by atoms with van der Waals surface area (Å²) in [6.45, 7) is 6.14. The van der Waals surface area contributed by atoms with Crippen LogP contribution in [0.2, 0.25) is 0 Å². The minimum Gasteiger partial charge on any atom is -0.0998 e. The van der Waals surface area contributed by atoms with E-state index in [1.165, 1.54) is 55.3 Å². The van der Waals surface area contributed by atoms with Crippen LogP contribution in [0.15, 0.2) is 127 Å². The fourth-order valence-corrected chi connectivity index (χ4v) is 4.83. The van der Waals surface area contributed by atoms with Crippen molar-refractivity contribution in [2.45, 2.75) is 26.2 Å². The Bertz CT molecular complexity index is 1410. The summed E-state index contributed by atoms with van der Waals surface area (Å²) >= 11 is 0. The van der Waals surface area contributed by atoms with Crippen LogP contribution in [0.4, 0.5) is 0 Å². The van der Waals surface area contributed by atoms with Crippen molar-refractivity contribution in [3.8, 4) is 22.3 Å². The molecule has 0 nitrogen and oxygen atoms in total. The number of hydrogen-bond donors (Lipinski definition) is 0. The van der Waals surface area contributed by atoms with E-state index in [4.69, 9.17) is 0 Å². The Kier molecular flexibility index (Phi) is 6.40. The molecule has 0 bridgehead atoms. The average Bonchev–Trinajstić information content (AvgIpc) is 2.88. The monoisotopic (exact) mass is 438 g/mol. The van der Waals surface area contributed by atoms with Crippen molar-refractivity contribution in [3.05, 3.63) is 144 Å². The Hall–Kier alpha value is -3.90. The lowest BCUT2D eigenvalue weighted by molar-refractivity contribution is 0.970. The predicted octanol–water partition coefficient (Wildman–Crippen LogP) is 9.08. The molecule has 0 aliphatic carbocycles. The van der Waals surface area contributed by atoms with Crippen molar-refractivity contribution >= 4 is 10.8 Å². The number of benzene rings is 5. The highest BCUT2D eigenvalue weighted by atomic mass is 14.2. The van der Waals surface area contributed by atoms with Crippen molar-refractivity contribution in [1.82, 2.24) is 0 Å². The van der Waals surface area contributed by atoms with Gasteiger partial charge in [0, 0.05) is 0 Å². The molecule has 5 aromatic carbocycles. The van der Waals surface area contributed by atoms with Gasteiger partial charge in [0.2, 0.25) is 0 Å². The SMILES string of the molecule is C=C(C)Cc1ccc(-c2cc(CCc3ccccc3)c3c(-c4ccccc4)cccc3c2)cc1. The lowest BCUT2D eigenvalue weighted by atomic mass is 9.89. The Morgan fingerprint density at radius 2 is 1.29 bits per heavy atom. The van der Waals surface area contributed by atoms with Gasteiger partial charge in [-0.1, -0.05) is 121 Å². The van der Waals surface area contributed by atoms with Crippen LogP contribution in [-0.4, -0.2) is 0 Å². The Labute approximate surface area is 203 Å². The molecule has 0 N–H and O–H groups in total. The van der Waals surface area contributed by atoms with E-state index in [9.17, 15) is 0 Å². The molecule has 5 rings (SSSR count). The van der Waals surface area contributed by atoms with Gasteiger partial charge in [-0.3, -0.25) is 0 Å². The highest BCUT2D eigenvalue weighted by Crippen LogP contribution is 2.35. The molecule has 0 heterocycles. The minimum atomic E-state index is 0.931. The molecule has 0 aliphatic rings. The third-order valence-electron chi connectivity index (χ3n) is 6.46. The van der Waals surface area contributed by atoms with Gasteiger partial charge in [0.05, 0.1) is 0 Å². The molecule has 0 saturated heterocycles. The lowest BCUT2D eigenvalue weighted by Crippen LogP contribution is -1.96. The normalized spacial score (nSPS) is 11.0. The van der Waals surface area contributed by atoms with Gasteiger partial charge >= 0.3 is 0 Å². The molecule has 0 radical (unpaired) electrons. The van der Waals surface area contributed by atoms with Gasteiger partial charge in [-0.2, -0.15) is 0 Å². The van der Waals surface area contributed by atoms with Gasteiger partial charge < -0.3 is 0 Å². The van der Waals surface area contributed by atoms with Gasteiger partial charge in [-0.25, -0.2) is 0 Å². The van der Waals surface area contributed by atoms with E-state index in [0.29, 0.717) is 0 Å². The molecule has 0 fully saturated rings. The van der Waals surface area contributed by atoms with Crippen molar-refractivity contribution < 1.29 is 0 Å². The fraction of sp³-hybridized carbons (Fsp3) is 0.118. The zero-order chi connectivity index (χ0) is 23.3. The molecule has 0 unspecified atom stereocenters. The van der Waals surface area contributed by atoms with Gasteiger partial charge in [0.15, 0.2) is 0 Å². The first kappa shape index (κ1) is 21.9. The highest BCUT2D eigenvalue weighted by molar-refractivity contribution is 6.01. The second-order valence-corrected chi connectivity index (χ2v) is 9.22. The molecule has 0 saturated carbocycles. The maximum absolute atomic E-state index is 4.06. The summed E-state index contributed by atoms with van der Waals surface area (Å²) in [7, 11) is 0. The minimum absolute atomic E-state index is 0.931. The molecule has 0 amide bonds. The van der Waals surface area contributed by atoms with E-state index in [-0.39, 0.29) is 0 Å². The van der Waals surface area contributed by atoms with Crippen LogP contribution >= 0.6 is 0 Å². The van der Waals surface area contributed by atoms with Crippen LogP contribution in [-0.2, 0) is 19.3 Å². The van der Waals surface area contributed by atoms with Gasteiger partial charge in [-0.05, 0) is 82.0 Å². The van der Waals surface area contributed by atoms with Crippen LogP contribution in [0.5, 0.6) is 0 Å². The summed E-state index contributed by atoms with van der Waals surface area (Å²) in [5.74, 6) is 0. The predicted molar refractivity (Wildman–Crippen MR) is 147 cm³/mol. The maximum atomic E-state index is 4.06. The van der Waals surface area contributed by atoms with E-state index in [0.717, 1.165) is 19.3 Å². The zero-order valence-electron chi connectivity index (χ0n) is 19.8. The summed E-state index contributed by atoms with van der Waals surface area (Å²) in [6, 6.07) is 42.0. The van der Waals surface area contributed by atoms with Crippen LogP contribution in [0.25, 0.3) is 33.0 Å². The maximum Gasteiger partial charge on any atom is -0.00726 e. The molecular formula is C34H30. The van der Waals surface area contributed by atoms with Crippen LogP contribution in [0.3, 0.4) is 0 Å². The number of aryl methyl sites for hydroxylation is 2. The van der Waals surface area contributed by atoms with E-state index >= 15 is 0 Å².